The average Bonchev–Trinajstić information content (AvgIpc) is 2.40. The second-order valence-electron chi connectivity index (χ2n) is 3.78. The molecule has 2 rings (SSSR count). The van der Waals surface area contributed by atoms with E-state index in [1.165, 1.54) is 25.3 Å². The van der Waals surface area contributed by atoms with Gasteiger partial charge in [0.05, 0.1) is 12.1 Å². The third-order valence-corrected chi connectivity index (χ3v) is 2.89. The molecule has 0 saturated heterocycles. The molecule has 19 heavy (non-hydrogen) atoms. The van der Waals surface area contributed by atoms with Crippen LogP contribution in [0.3, 0.4) is 0 Å². The monoisotopic (exact) mass is 282 g/mol. The van der Waals surface area contributed by atoms with Crippen molar-refractivity contribution in [2.75, 3.05) is 7.11 Å². The van der Waals surface area contributed by atoms with Crippen LogP contribution in [0.5, 0.6) is 5.75 Å². The molecule has 0 aliphatic rings. The Morgan fingerprint density at radius 1 is 1.16 bits per heavy atom. The van der Waals surface area contributed by atoms with Crippen LogP contribution >= 0.6 is 11.6 Å². The predicted molar refractivity (Wildman–Crippen MR) is 67.8 cm³/mol. The molecule has 0 amide bonds. The van der Waals surface area contributed by atoms with E-state index < -0.39 is 17.4 Å². The van der Waals surface area contributed by atoms with E-state index in [2.05, 4.69) is 0 Å². The summed E-state index contributed by atoms with van der Waals surface area (Å²) in [5.74, 6) is -1.84. The fourth-order valence-corrected chi connectivity index (χ4v) is 1.86. The van der Waals surface area contributed by atoms with Crippen molar-refractivity contribution < 1.29 is 18.3 Å². The Kier molecular flexibility index (Phi) is 3.81. The zero-order valence-electron chi connectivity index (χ0n) is 9.91. The van der Waals surface area contributed by atoms with Gasteiger partial charge in [0.1, 0.15) is 22.9 Å². The quantitative estimate of drug-likeness (QED) is 0.799. The number of carbonyl (C=O) groups excluding carboxylic acids is 1. The van der Waals surface area contributed by atoms with Crippen molar-refractivity contribution in [2.45, 2.75) is 0 Å². The lowest BCUT2D eigenvalue weighted by Crippen LogP contribution is -2.07. The number of halogens is 3. The molecule has 0 atom stereocenters. The van der Waals surface area contributed by atoms with Gasteiger partial charge in [0, 0.05) is 5.56 Å². The van der Waals surface area contributed by atoms with Crippen molar-refractivity contribution in [3.8, 4) is 5.75 Å². The first kappa shape index (κ1) is 13.5. The Balaban J connectivity index is 2.52. The number of hydrogen-bond donors (Lipinski definition) is 0. The smallest absolute Gasteiger partial charge is 0.199 e. The molecule has 0 unspecified atom stereocenters. The van der Waals surface area contributed by atoms with Crippen LogP contribution in [0.1, 0.15) is 15.9 Å². The second kappa shape index (κ2) is 5.36. The molecule has 0 heterocycles. The molecule has 0 aliphatic heterocycles. The van der Waals surface area contributed by atoms with Crippen LogP contribution in [0.2, 0.25) is 5.02 Å². The summed E-state index contributed by atoms with van der Waals surface area (Å²) in [6.45, 7) is 0. The van der Waals surface area contributed by atoms with Crippen LogP contribution in [-0.4, -0.2) is 12.9 Å². The van der Waals surface area contributed by atoms with Gasteiger partial charge in [-0.3, -0.25) is 4.79 Å². The van der Waals surface area contributed by atoms with E-state index in [1.807, 2.05) is 0 Å². The first-order valence-electron chi connectivity index (χ1n) is 5.37. The van der Waals surface area contributed by atoms with Gasteiger partial charge in [0.2, 0.25) is 0 Å². The van der Waals surface area contributed by atoms with E-state index >= 15 is 0 Å². The summed E-state index contributed by atoms with van der Waals surface area (Å²) in [6.07, 6.45) is 0. The van der Waals surface area contributed by atoms with E-state index in [-0.39, 0.29) is 21.9 Å². The van der Waals surface area contributed by atoms with E-state index in [4.69, 9.17) is 16.3 Å². The molecule has 0 saturated carbocycles. The fourth-order valence-electron chi connectivity index (χ4n) is 1.68. The first-order chi connectivity index (χ1) is 9.04. The van der Waals surface area contributed by atoms with Gasteiger partial charge in [-0.15, -0.1) is 0 Å². The van der Waals surface area contributed by atoms with E-state index in [0.717, 1.165) is 18.2 Å². The Hall–Kier alpha value is -1.94. The SMILES string of the molecule is COc1cccc(F)c1C(=O)c1ccc(F)c(Cl)c1. The van der Waals surface area contributed by atoms with Gasteiger partial charge in [-0.25, -0.2) is 8.78 Å². The normalized spacial score (nSPS) is 10.3. The molecule has 2 aromatic carbocycles. The molecule has 2 aromatic rings. The molecule has 0 fully saturated rings. The van der Waals surface area contributed by atoms with Crippen LogP contribution < -0.4 is 4.74 Å². The average molecular weight is 283 g/mol. The summed E-state index contributed by atoms with van der Waals surface area (Å²) in [5, 5.41) is -0.193. The topological polar surface area (TPSA) is 26.3 Å². The van der Waals surface area contributed by atoms with Crippen molar-refractivity contribution in [2.24, 2.45) is 0 Å². The minimum atomic E-state index is -0.704. The summed E-state index contributed by atoms with van der Waals surface area (Å²) >= 11 is 5.61. The molecule has 0 spiro atoms. The van der Waals surface area contributed by atoms with Crippen molar-refractivity contribution in [1.29, 1.82) is 0 Å². The minimum Gasteiger partial charge on any atom is -0.496 e. The number of ether oxygens (including phenoxy) is 1. The first-order valence-corrected chi connectivity index (χ1v) is 5.74. The van der Waals surface area contributed by atoms with Crippen molar-refractivity contribution in [1.82, 2.24) is 0 Å². The molecule has 5 heteroatoms. The number of methoxy groups -OCH3 is 1. The van der Waals surface area contributed by atoms with Gasteiger partial charge in [0.25, 0.3) is 0 Å². The number of hydrogen-bond acceptors (Lipinski definition) is 2. The number of carbonyl (C=O) groups is 1. The summed E-state index contributed by atoms with van der Waals surface area (Å²) < 4.78 is 31.7. The van der Waals surface area contributed by atoms with Crippen LogP contribution in [0.15, 0.2) is 36.4 Å². The number of ketones is 1. The lowest BCUT2D eigenvalue weighted by molar-refractivity contribution is 0.103. The lowest BCUT2D eigenvalue weighted by atomic mass is 10.0. The zero-order chi connectivity index (χ0) is 14.0. The summed E-state index contributed by atoms with van der Waals surface area (Å²) in [5.41, 5.74) is -0.109. The molecule has 0 aliphatic carbocycles. The van der Waals surface area contributed by atoms with Gasteiger partial charge in [0.15, 0.2) is 5.78 Å². The molecule has 0 aromatic heterocycles. The number of rotatable bonds is 3. The number of benzene rings is 2. The maximum Gasteiger partial charge on any atom is 0.199 e. The van der Waals surface area contributed by atoms with Gasteiger partial charge >= 0.3 is 0 Å². The van der Waals surface area contributed by atoms with Crippen LogP contribution in [0, 0.1) is 11.6 Å². The van der Waals surface area contributed by atoms with Gasteiger partial charge in [-0.1, -0.05) is 17.7 Å². The van der Waals surface area contributed by atoms with Crippen molar-refractivity contribution in [3.05, 3.63) is 64.2 Å². The summed E-state index contributed by atoms with van der Waals surface area (Å²) in [6, 6.07) is 7.52. The van der Waals surface area contributed by atoms with E-state index in [9.17, 15) is 13.6 Å². The van der Waals surface area contributed by atoms with Gasteiger partial charge in [-0.2, -0.15) is 0 Å². The van der Waals surface area contributed by atoms with Gasteiger partial charge in [-0.05, 0) is 30.3 Å². The van der Waals surface area contributed by atoms with Crippen LogP contribution in [-0.2, 0) is 0 Å². The molecule has 2 nitrogen and oxygen atoms in total. The standard InChI is InChI=1S/C14H9ClF2O2/c1-19-12-4-2-3-11(17)13(12)14(18)8-5-6-10(16)9(15)7-8/h2-7H,1H3. The highest BCUT2D eigenvalue weighted by molar-refractivity contribution is 6.31. The molecule has 0 N–H and O–H groups in total. The Labute approximate surface area is 113 Å². The van der Waals surface area contributed by atoms with Crippen molar-refractivity contribution in [3.63, 3.8) is 0 Å². The zero-order valence-corrected chi connectivity index (χ0v) is 10.7. The maximum absolute atomic E-state index is 13.7. The summed E-state index contributed by atoms with van der Waals surface area (Å²) in [7, 11) is 1.34. The third kappa shape index (κ3) is 2.58. The highest BCUT2D eigenvalue weighted by Crippen LogP contribution is 2.26. The van der Waals surface area contributed by atoms with E-state index in [1.54, 1.807) is 0 Å². The lowest BCUT2D eigenvalue weighted by Gasteiger charge is -2.08. The minimum absolute atomic E-state index is 0.0924. The third-order valence-electron chi connectivity index (χ3n) is 2.60. The molecule has 98 valence electrons. The van der Waals surface area contributed by atoms with E-state index in [0.29, 0.717) is 0 Å². The van der Waals surface area contributed by atoms with Gasteiger partial charge < -0.3 is 4.74 Å². The predicted octanol–water partition coefficient (Wildman–Crippen LogP) is 3.86. The highest BCUT2D eigenvalue weighted by Gasteiger charge is 2.19. The Morgan fingerprint density at radius 3 is 2.53 bits per heavy atom. The fraction of sp³-hybridized carbons (Fsp3) is 0.0714. The maximum atomic E-state index is 13.7. The highest BCUT2D eigenvalue weighted by atomic mass is 35.5. The Morgan fingerprint density at radius 2 is 1.89 bits per heavy atom. The van der Waals surface area contributed by atoms with Crippen LogP contribution in [0.4, 0.5) is 8.78 Å². The molecule has 0 radical (unpaired) electrons. The van der Waals surface area contributed by atoms with Crippen molar-refractivity contribution >= 4 is 17.4 Å². The molecular weight excluding hydrogens is 274 g/mol. The second-order valence-corrected chi connectivity index (χ2v) is 4.18. The summed E-state index contributed by atoms with van der Waals surface area (Å²) in [4.78, 5) is 12.2. The molecular formula is C14H9ClF2O2. The van der Waals surface area contributed by atoms with Crippen LogP contribution in [0.25, 0.3) is 0 Å². The molecule has 0 bridgehead atoms. The largest absolute Gasteiger partial charge is 0.496 e. The Bertz CT molecular complexity index is 641.